The fourth-order valence-electron chi connectivity index (χ4n) is 3.47. The molecule has 5 heteroatoms. The number of carbonyl (C=O) groups excluding carboxylic acids is 2. The summed E-state index contributed by atoms with van der Waals surface area (Å²) in [5.74, 6) is 1.36. The van der Waals surface area contributed by atoms with Crippen LogP contribution in [-0.4, -0.2) is 60.5 Å². The maximum Gasteiger partial charge on any atom is 0.247 e. The maximum atomic E-state index is 12.8. The first-order valence-electron chi connectivity index (χ1n) is 8.62. The Kier molecular flexibility index (Phi) is 6.24. The predicted molar refractivity (Wildman–Crippen MR) is 85.4 cm³/mol. The molecule has 2 fully saturated rings. The molecule has 0 radical (unpaired) electrons. The molecule has 126 valence electrons. The van der Waals surface area contributed by atoms with Gasteiger partial charge in [0.15, 0.2) is 0 Å². The summed E-state index contributed by atoms with van der Waals surface area (Å²) in [6.07, 6.45) is 4.70. The highest BCUT2D eigenvalue weighted by Crippen LogP contribution is 2.24. The first-order chi connectivity index (χ1) is 10.5. The van der Waals surface area contributed by atoms with E-state index in [1.54, 1.807) is 4.90 Å². The molecule has 0 bridgehead atoms. The first kappa shape index (κ1) is 17.3. The van der Waals surface area contributed by atoms with Gasteiger partial charge in [0.25, 0.3) is 0 Å². The Morgan fingerprint density at radius 1 is 1.27 bits per heavy atom. The number of hydrogen-bond donors (Lipinski definition) is 0. The lowest BCUT2D eigenvalue weighted by atomic mass is 9.90. The third kappa shape index (κ3) is 4.45. The van der Waals surface area contributed by atoms with E-state index >= 15 is 0 Å². The molecule has 0 N–H and O–H groups in total. The van der Waals surface area contributed by atoms with Crippen molar-refractivity contribution in [2.24, 2.45) is 11.8 Å². The van der Waals surface area contributed by atoms with E-state index in [0.29, 0.717) is 31.6 Å². The predicted octanol–water partition coefficient (Wildman–Crippen LogP) is 1.91. The van der Waals surface area contributed by atoms with Crippen LogP contribution < -0.4 is 0 Å². The van der Waals surface area contributed by atoms with Gasteiger partial charge in [-0.1, -0.05) is 20.3 Å². The van der Waals surface area contributed by atoms with Crippen LogP contribution in [0.1, 0.15) is 46.5 Å². The van der Waals surface area contributed by atoms with Crippen LogP contribution >= 0.6 is 0 Å². The van der Waals surface area contributed by atoms with E-state index in [2.05, 4.69) is 13.8 Å². The van der Waals surface area contributed by atoms with Gasteiger partial charge >= 0.3 is 0 Å². The van der Waals surface area contributed by atoms with Crippen molar-refractivity contribution in [3.8, 4) is 0 Å². The number of ether oxygens (including phenoxy) is 1. The second kappa shape index (κ2) is 7.95. The van der Waals surface area contributed by atoms with Crippen LogP contribution in [0, 0.1) is 11.8 Å². The highest BCUT2D eigenvalue weighted by atomic mass is 16.5. The molecule has 22 heavy (non-hydrogen) atoms. The summed E-state index contributed by atoms with van der Waals surface area (Å²) in [6, 6.07) is -0.421. The van der Waals surface area contributed by atoms with Crippen molar-refractivity contribution in [2.75, 3.05) is 32.8 Å². The number of carbonyl (C=O) groups is 2. The molecular formula is C17H30N2O3. The van der Waals surface area contributed by atoms with E-state index in [0.717, 1.165) is 19.5 Å². The molecule has 2 saturated heterocycles. The molecule has 0 unspecified atom stereocenters. The topological polar surface area (TPSA) is 49.9 Å². The first-order valence-corrected chi connectivity index (χ1v) is 8.62. The SMILES string of the molecule is CC(=O)N1CCOC[C@H]1C(=O)N1CCC[C@H](CCC(C)C)C1. The Balaban J connectivity index is 1.94. The number of morpholine rings is 1. The van der Waals surface area contributed by atoms with Crippen LogP contribution in [0.5, 0.6) is 0 Å². The number of piperidine rings is 1. The minimum atomic E-state index is -0.421. The highest BCUT2D eigenvalue weighted by molar-refractivity contribution is 5.87. The summed E-state index contributed by atoms with van der Waals surface area (Å²) in [6.45, 7) is 9.08. The quantitative estimate of drug-likeness (QED) is 0.797. The van der Waals surface area contributed by atoms with Gasteiger partial charge in [0, 0.05) is 26.6 Å². The van der Waals surface area contributed by atoms with Crippen LogP contribution in [0.15, 0.2) is 0 Å². The average Bonchev–Trinajstić information content (AvgIpc) is 2.52. The molecule has 0 aliphatic carbocycles. The van der Waals surface area contributed by atoms with Crippen LogP contribution in [0.25, 0.3) is 0 Å². The third-order valence-corrected chi connectivity index (χ3v) is 4.80. The van der Waals surface area contributed by atoms with Crippen molar-refractivity contribution >= 4 is 11.8 Å². The lowest BCUT2D eigenvalue weighted by molar-refractivity contribution is -0.154. The van der Waals surface area contributed by atoms with E-state index < -0.39 is 6.04 Å². The molecule has 0 aromatic carbocycles. The Morgan fingerprint density at radius 3 is 2.73 bits per heavy atom. The molecule has 2 rings (SSSR count). The zero-order chi connectivity index (χ0) is 16.1. The standard InChI is InChI=1S/C17H30N2O3/c1-13(2)6-7-15-5-4-8-18(11-15)17(21)16-12-22-10-9-19(16)14(3)20/h13,15-16H,4-12H2,1-3H3/t15-,16+/m1/s1. The number of amides is 2. The summed E-state index contributed by atoms with van der Waals surface area (Å²) in [4.78, 5) is 28.2. The minimum Gasteiger partial charge on any atom is -0.377 e. The minimum absolute atomic E-state index is 0.0324. The molecule has 2 aliphatic rings. The van der Waals surface area contributed by atoms with Gasteiger partial charge in [0.1, 0.15) is 6.04 Å². The smallest absolute Gasteiger partial charge is 0.247 e. The average molecular weight is 310 g/mol. The Labute approximate surface area is 134 Å². The number of nitrogens with zero attached hydrogens (tertiary/aromatic N) is 2. The Hall–Kier alpha value is -1.10. The van der Waals surface area contributed by atoms with Crippen LogP contribution in [-0.2, 0) is 14.3 Å². The fraction of sp³-hybridized carbons (Fsp3) is 0.882. The summed E-state index contributed by atoms with van der Waals surface area (Å²) in [7, 11) is 0. The van der Waals surface area contributed by atoms with Gasteiger partial charge in [-0.25, -0.2) is 0 Å². The zero-order valence-corrected chi connectivity index (χ0v) is 14.2. The fourth-order valence-corrected chi connectivity index (χ4v) is 3.47. The van der Waals surface area contributed by atoms with Crippen LogP contribution in [0.2, 0.25) is 0 Å². The molecule has 0 spiro atoms. The Morgan fingerprint density at radius 2 is 2.05 bits per heavy atom. The largest absolute Gasteiger partial charge is 0.377 e. The molecule has 0 aromatic heterocycles. The normalized spacial score (nSPS) is 26.4. The van der Waals surface area contributed by atoms with E-state index in [9.17, 15) is 9.59 Å². The number of rotatable bonds is 4. The van der Waals surface area contributed by atoms with E-state index in [-0.39, 0.29) is 11.8 Å². The number of likely N-dealkylation sites (tertiary alicyclic amines) is 1. The van der Waals surface area contributed by atoms with Gasteiger partial charge in [-0.2, -0.15) is 0 Å². The van der Waals surface area contributed by atoms with Gasteiger partial charge in [0.05, 0.1) is 13.2 Å². The molecule has 0 saturated carbocycles. The summed E-state index contributed by atoms with van der Waals surface area (Å²) < 4.78 is 5.44. The van der Waals surface area contributed by atoms with Crippen molar-refractivity contribution in [3.05, 3.63) is 0 Å². The summed E-state index contributed by atoms with van der Waals surface area (Å²) in [5.41, 5.74) is 0. The Bertz CT molecular complexity index is 397. The van der Waals surface area contributed by atoms with Gasteiger partial charge in [0.2, 0.25) is 11.8 Å². The molecular weight excluding hydrogens is 280 g/mol. The second-order valence-corrected chi connectivity index (χ2v) is 7.07. The molecule has 0 aromatic rings. The molecule has 2 aliphatic heterocycles. The molecule has 2 heterocycles. The van der Waals surface area contributed by atoms with Crippen molar-refractivity contribution in [1.82, 2.24) is 9.80 Å². The molecule has 5 nitrogen and oxygen atoms in total. The summed E-state index contributed by atoms with van der Waals surface area (Å²) >= 11 is 0. The lowest BCUT2D eigenvalue weighted by Crippen LogP contribution is -2.57. The van der Waals surface area contributed by atoms with E-state index in [1.807, 2.05) is 4.90 Å². The van der Waals surface area contributed by atoms with E-state index in [4.69, 9.17) is 4.74 Å². The van der Waals surface area contributed by atoms with Gasteiger partial charge in [-0.15, -0.1) is 0 Å². The maximum absolute atomic E-state index is 12.8. The highest BCUT2D eigenvalue weighted by Gasteiger charge is 2.35. The lowest BCUT2D eigenvalue weighted by Gasteiger charge is -2.40. The molecule has 2 atom stereocenters. The van der Waals surface area contributed by atoms with Crippen molar-refractivity contribution in [3.63, 3.8) is 0 Å². The van der Waals surface area contributed by atoms with Crippen LogP contribution in [0.3, 0.4) is 0 Å². The van der Waals surface area contributed by atoms with Gasteiger partial charge < -0.3 is 14.5 Å². The van der Waals surface area contributed by atoms with Crippen molar-refractivity contribution in [2.45, 2.75) is 52.5 Å². The third-order valence-electron chi connectivity index (χ3n) is 4.80. The van der Waals surface area contributed by atoms with Crippen molar-refractivity contribution in [1.29, 1.82) is 0 Å². The zero-order valence-electron chi connectivity index (χ0n) is 14.2. The van der Waals surface area contributed by atoms with Crippen LogP contribution in [0.4, 0.5) is 0 Å². The van der Waals surface area contributed by atoms with Gasteiger partial charge in [-0.05, 0) is 31.1 Å². The van der Waals surface area contributed by atoms with Crippen molar-refractivity contribution < 1.29 is 14.3 Å². The monoisotopic (exact) mass is 310 g/mol. The summed E-state index contributed by atoms with van der Waals surface area (Å²) in [5, 5.41) is 0. The van der Waals surface area contributed by atoms with Gasteiger partial charge in [-0.3, -0.25) is 9.59 Å². The second-order valence-electron chi connectivity index (χ2n) is 7.07. The number of hydrogen-bond acceptors (Lipinski definition) is 3. The van der Waals surface area contributed by atoms with E-state index in [1.165, 1.54) is 26.2 Å². The molecule has 2 amide bonds.